The highest BCUT2D eigenvalue weighted by Gasteiger charge is 2.29. The van der Waals surface area contributed by atoms with E-state index in [9.17, 15) is 21.6 Å². The summed E-state index contributed by atoms with van der Waals surface area (Å²) in [6, 6.07) is -0.414. The van der Waals surface area contributed by atoms with Crippen LogP contribution >= 0.6 is 0 Å². The Bertz CT molecular complexity index is 328. The Morgan fingerprint density at radius 2 is 1.67 bits per heavy atom. The number of rotatable bonds is 8. The molecule has 0 saturated carbocycles. The molecule has 0 fully saturated rings. The second kappa shape index (κ2) is 7.27. The maximum absolute atomic E-state index is 11.8. The van der Waals surface area contributed by atoms with Crippen molar-refractivity contribution in [1.82, 2.24) is 9.44 Å². The van der Waals surface area contributed by atoms with Crippen LogP contribution in [-0.2, 0) is 10.2 Å². The second-order valence-electron chi connectivity index (χ2n) is 4.03. The fourth-order valence-corrected chi connectivity index (χ4v) is 2.36. The van der Waals surface area contributed by atoms with Crippen LogP contribution in [0.15, 0.2) is 0 Å². The van der Waals surface area contributed by atoms with Gasteiger partial charge >= 0.3 is 6.18 Å². The summed E-state index contributed by atoms with van der Waals surface area (Å²) in [5.41, 5.74) is 5.75. The van der Waals surface area contributed by atoms with Crippen LogP contribution in [0.4, 0.5) is 13.2 Å². The number of hydrogen-bond acceptors (Lipinski definition) is 3. The number of nitrogens with two attached hydrogens (primary N) is 1. The number of halogens is 3. The van der Waals surface area contributed by atoms with Gasteiger partial charge < -0.3 is 5.73 Å². The molecular weight excluding hydrogens is 271 g/mol. The van der Waals surface area contributed by atoms with Crippen LogP contribution in [0.3, 0.4) is 0 Å². The van der Waals surface area contributed by atoms with Crippen LogP contribution in [0, 0.1) is 5.92 Å². The molecule has 0 heterocycles. The molecular formula is C9H20F3N3O2S. The molecule has 0 radical (unpaired) electrons. The van der Waals surface area contributed by atoms with Crippen molar-refractivity contribution in [3.63, 3.8) is 0 Å². The van der Waals surface area contributed by atoms with Crippen molar-refractivity contribution in [2.75, 3.05) is 13.1 Å². The summed E-state index contributed by atoms with van der Waals surface area (Å²) >= 11 is 0. The first-order chi connectivity index (χ1) is 8.11. The molecule has 0 aliphatic rings. The maximum atomic E-state index is 11.8. The molecule has 5 nitrogen and oxygen atoms in total. The summed E-state index contributed by atoms with van der Waals surface area (Å²) in [7, 11) is -4.16. The minimum Gasteiger partial charge on any atom is -0.326 e. The van der Waals surface area contributed by atoms with Crippen LogP contribution in [0.2, 0.25) is 0 Å². The first-order valence-electron chi connectivity index (χ1n) is 5.67. The molecule has 110 valence electrons. The summed E-state index contributed by atoms with van der Waals surface area (Å²) in [5, 5.41) is 0. The Morgan fingerprint density at radius 1 is 1.17 bits per heavy atom. The molecule has 0 bridgehead atoms. The van der Waals surface area contributed by atoms with Gasteiger partial charge in [-0.25, -0.2) is 4.72 Å². The van der Waals surface area contributed by atoms with Crippen molar-refractivity contribution < 1.29 is 21.6 Å². The number of hydrogen-bond donors (Lipinski definition) is 3. The van der Waals surface area contributed by atoms with E-state index in [0.29, 0.717) is 0 Å². The Morgan fingerprint density at radius 3 is 2.06 bits per heavy atom. The van der Waals surface area contributed by atoms with Crippen molar-refractivity contribution in [2.24, 2.45) is 11.7 Å². The molecule has 1 atom stereocenters. The van der Waals surface area contributed by atoms with E-state index in [-0.39, 0.29) is 12.5 Å². The lowest BCUT2D eigenvalue weighted by Gasteiger charge is -2.21. The van der Waals surface area contributed by atoms with Crippen LogP contribution in [0.25, 0.3) is 0 Å². The standard InChI is InChI=1S/C9H20F3N3O2S/c1-3-7(4-2)8(13)5-14-18(16,17)15-6-9(10,11)12/h7-8,14-15H,3-6,13H2,1-2H3. The molecule has 0 aromatic carbocycles. The van der Waals surface area contributed by atoms with Crippen molar-refractivity contribution in [1.29, 1.82) is 0 Å². The molecule has 0 amide bonds. The number of alkyl halides is 3. The first-order valence-corrected chi connectivity index (χ1v) is 7.16. The monoisotopic (exact) mass is 291 g/mol. The normalized spacial score (nSPS) is 15.1. The van der Waals surface area contributed by atoms with E-state index in [1.807, 2.05) is 18.6 Å². The Hall–Kier alpha value is -0.380. The summed E-state index contributed by atoms with van der Waals surface area (Å²) in [5.74, 6) is 0.135. The fraction of sp³-hybridized carbons (Fsp3) is 1.00. The largest absolute Gasteiger partial charge is 0.402 e. The van der Waals surface area contributed by atoms with Crippen molar-refractivity contribution in [3.05, 3.63) is 0 Å². The predicted molar refractivity (Wildman–Crippen MR) is 63.0 cm³/mol. The van der Waals surface area contributed by atoms with Gasteiger partial charge in [-0.15, -0.1) is 0 Å². The van der Waals surface area contributed by atoms with Gasteiger partial charge in [0.1, 0.15) is 6.54 Å². The Kier molecular flexibility index (Phi) is 7.11. The average molecular weight is 291 g/mol. The van der Waals surface area contributed by atoms with Crippen molar-refractivity contribution in [2.45, 2.75) is 38.9 Å². The molecule has 0 saturated heterocycles. The van der Waals surface area contributed by atoms with E-state index in [2.05, 4.69) is 0 Å². The second-order valence-corrected chi connectivity index (χ2v) is 5.61. The topological polar surface area (TPSA) is 84.2 Å². The Balaban J connectivity index is 4.19. The summed E-state index contributed by atoms with van der Waals surface area (Å²) in [6.45, 7) is 2.16. The van der Waals surface area contributed by atoms with Gasteiger partial charge in [0.25, 0.3) is 10.2 Å². The molecule has 0 aromatic heterocycles. The van der Waals surface area contributed by atoms with E-state index in [0.717, 1.165) is 12.8 Å². The van der Waals surface area contributed by atoms with Gasteiger partial charge in [0, 0.05) is 12.6 Å². The van der Waals surface area contributed by atoms with Gasteiger partial charge in [-0.3, -0.25) is 0 Å². The van der Waals surface area contributed by atoms with E-state index in [4.69, 9.17) is 5.73 Å². The molecule has 0 spiro atoms. The summed E-state index contributed by atoms with van der Waals surface area (Å²) in [6.07, 6.45) is -3.00. The highest BCUT2D eigenvalue weighted by molar-refractivity contribution is 7.87. The summed E-state index contributed by atoms with van der Waals surface area (Å²) < 4.78 is 61.4. The average Bonchev–Trinajstić information content (AvgIpc) is 2.25. The minimum atomic E-state index is -4.58. The van der Waals surface area contributed by atoms with Crippen LogP contribution in [-0.4, -0.2) is 33.7 Å². The van der Waals surface area contributed by atoms with Crippen LogP contribution < -0.4 is 15.2 Å². The van der Waals surface area contributed by atoms with E-state index >= 15 is 0 Å². The van der Waals surface area contributed by atoms with Crippen LogP contribution in [0.1, 0.15) is 26.7 Å². The zero-order valence-corrected chi connectivity index (χ0v) is 11.2. The maximum Gasteiger partial charge on any atom is 0.402 e. The smallest absolute Gasteiger partial charge is 0.326 e. The molecule has 0 rings (SSSR count). The molecule has 9 heteroatoms. The van der Waals surface area contributed by atoms with Gasteiger partial charge in [-0.05, 0) is 5.92 Å². The third kappa shape index (κ3) is 7.85. The van der Waals surface area contributed by atoms with Gasteiger partial charge in [0.2, 0.25) is 0 Å². The van der Waals surface area contributed by atoms with Crippen molar-refractivity contribution >= 4 is 10.2 Å². The quantitative estimate of drug-likeness (QED) is 0.616. The molecule has 1 unspecified atom stereocenters. The molecule has 0 aliphatic heterocycles. The van der Waals surface area contributed by atoms with Crippen LogP contribution in [0.5, 0.6) is 0 Å². The van der Waals surface area contributed by atoms with E-state index in [1.54, 1.807) is 0 Å². The lowest BCUT2D eigenvalue weighted by atomic mass is 9.95. The van der Waals surface area contributed by atoms with Gasteiger partial charge in [-0.1, -0.05) is 26.7 Å². The molecule has 0 aromatic rings. The number of nitrogens with one attached hydrogen (secondary N) is 2. The van der Waals surface area contributed by atoms with Gasteiger partial charge in [-0.2, -0.15) is 26.3 Å². The first kappa shape index (κ1) is 17.6. The fourth-order valence-electron chi connectivity index (χ4n) is 1.49. The summed E-state index contributed by atoms with van der Waals surface area (Å²) in [4.78, 5) is 0. The minimum absolute atomic E-state index is 0.0838. The molecule has 0 aliphatic carbocycles. The third-order valence-electron chi connectivity index (χ3n) is 2.63. The highest BCUT2D eigenvalue weighted by Crippen LogP contribution is 2.13. The SMILES string of the molecule is CCC(CC)C(N)CNS(=O)(=O)NCC(F)(F)F. The molecule has 18 heavy (non-hydrogen) atoms. The van der Waals surface area contributed by atoms with Gasteiger partial charge in [0.15, 0.2) is 0 Å². The van der Waals surface area contributed by atoms with E-state index < -0.39 is 29.0 Å². The van der Waals surface area contributed by atoms with E-state index in [1.165, 1.54) is 4.72 Å². The van der Waals surface area contributed by atoms with Crippen molar-refractivity contribution in [3.8, 4) is 0 Å². The zero-order chi connectivity index (χ0) is 14.4. The van der Waals surface area contributed by atoms with Gasteiger partial charge in [0.05, 0.1) is 0 Å². The zero-order valence-electron chi connectivity index (χ0n) is 10.4. The lowest BCUT2D eigenvalue weighted by Crippen LogP contribution is -2.47. The predicted octanol–water partition coefficient (Wildman–Crippen LogP) is 0.736. The Labute approximate surface area is 105 Å². The highest BCUT2D eigenvalue weighted by atomic mass is 32.2. The third-order valence-corrected chi connectivity index (χ3v) is 3.70. The molecule has 4 N–H and O–H groups in total. The lowest BCUT2D eigenvalue weighted by molar-refractivity contribution is -0.121.